The number of amides is 1. The van der Waals surface area contributed by atoms with E-state index in [4.69, 9.17) is 26.4 Å². The Morgan fingerprint density at radius 2 is 1.83 bits per heavy atom. The van der Waals surface area contributed by atoms with Crippen LogP contribution in [0.1, 0.15) is 23.2 Å². The summed E-state index contributed by atoms with van der Waals surface area (Å²) in [6, 6.07) is 7.70. The summed E-state index contributed by atoms with van der Waals surface area (Å²) in [5.74, 6) is -0.872. The van der Waals surface area contributed by atoms with Crippen molar-refractivity contribution in [2.45, 2.75) is 25.0 Å². The third-order valence-corrected chi connectivity index (χ3v) is 3.81. The second-order valence-corrected chi connectivity index (χ2v) is 6.09. The highest BCUT2D eigenvalue weighted by molar-refractivity contribution is 6.07. The van der Waals surface area contributed by atoms with Gasteiger partial charge >= 0.3 is 0 Å². The molecule has 0 bridgehead atoms. The van der Waals surface area contributed by atoms with Crippen molar-refractivity contribution in [3.63, 3.8) is 0 Å². The molecule has 1 radical (unpaired) electrons. The molecular weight excluding hydrogens is 378 g/mol. The van der Waals surface area contributed by atoms with E-state index in [2.05, 4.69) is 10.6 Å². The van der Waals surface area contributed by atoms with Gasteiger partial charge in [0.2, 0.25) is 12.2 Å². The molecule has 0 spiro atoms. The van der Waals surface area contributed by atoms with Crippen LogP contribution in [0, 0.1) is 5.41 Å². The van der Waals surface area contributed by atoms with Gasteiger partial charge in [0.1, 0.15) is 0 Å². The first-order chi connectivity index (χ1) is 14.0. The molecule has 1 aromatic rings. The van der Waals surface area contributed by atoms with Crippen LogP contribution in [0.25, 0.3) is 0 Å². The van der Waals surface area contributed by atoms with Gasteiger partial charge in [-0.15, -0.1) is 0 Å². The molecule has 0 aliphatic rings. The topological polar surface area (TPSA) is 170 Å². The quantitative estimate of drug-likeness (QED) is 0.0819. The average Bonchev–Trinajstić information content (AvgIpc) is 2.73. The van der Waals surface area contributed by atoms with Crippen molar-refractivity contribution in [1.29, 1.82) is 5.41 Å². The molecule has 0 aliphatic carbocycles. The Kier molecular flexibility index (Phi) is 11.9. The van der Waals surface area contributed by atoms with Crippen LogP contribution in [-0.4, -0.2) is 69.0 Å². The van der Waals surface area contributed by atoms with E-state index in [1.807, 2.05) is 0 Å². The Hall–Kier alpha value is -2.82. The van der Waals surface area contributed by atoms with Gasteiger partial charge in [-0.25, -0.2) is 0 Å². The van der Waals surface area contributed by atoms with Crippen LogP contribution in [-0.2, 0) is 19.1 Å². The van der Waals surface area contributed by atoms with Gasteiger partial charge in [-0.1, -0.05) is 30.3 Å². The van der Waals surface area contributed by atoms with Crippen molar-refractivity contribution in [2.24, 2.45) is 11.5 Å². The van der Waals surface area contributed by atoms with E-state index in [0.29, 0.717) is 24.9 Å². The maximum absolute atomic E-state index is 12.1. The Labute approximate surface area is 169 Å². The Balaban J connectivity index is 2.11. The van der Waals surface area contributed by atoms with E-state index in [0.717, 1.165) is 0 Å². The molecule has 2 atom stereocenters. The third-order valence-electron chi connectivity index (χ3n) is 3.81. The lowest BCUT2D eigenvalue weighted by Crippen LogP contribution is -2.42. The molecule has 10 heteroatoms. The summed E-state index contributed by atoms with van der Waals surface area (Å²) in [6.07, 6.45) is 1.36. The van der Waals surface area contributed by atoms with Gasteiger partial charge in [0, 0.05) is 18.7 Å². The number of hydrogen-bond acceptors (Lipinski definition) is 7. The Morgan fingerprint density at radius 3 is 2.48 bits per heavy atom. The maximum atomic E-state index is 12.1. The molecule has 0 heterocycles. The van der Waals surface area contributed by atoms with Crippen molar-refractivity contribution < 1.29 is 23.9 Å². The molecule has 159 valence electrons. The number of carbonyl (C=O) groups is 2. The number of guanidine groups is 1. The van der Waals surface area contributed by atoms with Gasteiger partial charge in [0.25, 0.3) is 0 Å². The minimum atomic E-state index is -1.30. The van der Waals surface area contributed by atoms with E-state index in [1.165, 1.54) is 0 Å². The fourth-order valence-electron chi connectivity index (χ4n) is 2.30. The summed E-state index contributed by atoms with van der Waals surface area (Å²) in [7, 11) is 0. The summed E-state index contributed by atoms with van der Waals surface area (Å²) in [5.41, 5.74) is 11.3. The molecule has 1 amide bonds. The molecule has 1 unspecified atom stereocenters. The van der Waals surface area contributed by atoms with Crippen molar-refractivity contribution in [3.05, 3.63) is 35.9 Å². The van der Waals surface area contributed by atoms with Gasteiger partial charge in [-0.2, -0.15) is 0 Å². The van der Waals surface area contributed by atoms with Gasteiger partial charge < -0.3 is 31.6 Å². The second-order valence-electron chi connectivity index (χ2n) is 6.09. The van der Waals surface area contributed by atoms with Crippen molar-refractivity contribution in [3.8, 4) is 0 Å². The molecule has 0 aromatic heterocycles. The number of nitrogens with two attached hydrogens (primary N) is 2. The third kappa shape index (κ3) is 10.3. The molecule has 29 heavy (non-hydrogen) atoms. The maximum Gasteiger partial charge on any atom is 0.238 e. The highest BCUT2D eigenvalue weighted by Crippen LogP contribution is 2.05. The summed E-state index contributed by atoms with van der Waals surface area (Å²) in [4.78, 5) is 34.9. The normalized spacial score (nSPS) is 12.6. The number of ketones is 1. The zero-order valence-electron chi connectivity index (χ0n) is 16.2. The van der Waals surface area contributed by atoms with Gasteiger partial charge in [0.15, 0.2) is 17.8 Å². The molecule has 0 fully saturated rings. The minimum absolute atomic E-state index is 0.0368. The lowest BCUT2D eigenvalue weighted by atomic mass is 10.1. The first-order valence-electron chi connectivity index (χ1n) is 9.23. The van der Waals surface area contributed by atoms with Gasteiger partial charge in [-0.3, -0.25) is 19.8 Å². The zero-order chi connectivity index (χ0) is 21.5. The first-order valence-corrected chi connectivity index (χ1v) is 9.23. The first kappa shape index (κ1) is 24.2. The van der Waals surface area contributed by atoms with Crippen LogP contribution in [0.5, 0.6) is 0 Å². The molecule has 0 aliphatic heterocycles. The highest BCUT2D eigenvalue weighted by atomic mass is 16.5. The molecular formula is C19H28N5O5. The summed E-state index contributed by atoms with van der Waals surface area (Å²) >= 11 is 0. The predicted molar refractivity (Wildman–Crippen MR) is 107 cm³/mol. The van der Waals surface area contributed by atoms with Crippen LogP contribution in [0.2, 0.25) is 0 Å². The van der Waals surface area contributed by atoms with Crippen molar-refractivity contribution >= 4 is 23.9 Å². The largest absolute Gasteiger partial charge is 0.377 e. The number of Topliss-reactive ketones (excluding diaryl/α,β-unsaturated/α-hetero) is 1. The van der Waals surface area contributed by atoms with E-state index in [1.54, 1.807) is 36.6 Å². The lowest BCUT2D eigenvalue weighted by Gasteiger charge is -2.13. The zero-order valence-corrected chi connectivity index (χ0v) is 16.2. The summed E-state index contributed by atoms with van der Waals surface area (Å²) in [5, 5.41) is 12.3. The molecule has 0 saturated heterocycles. The van der Waals surface area contributed by atoms with E-state index in [-0.39, 0.29) is 38.2 Å². The van der Waals surface area contributed by atoms with Crippen LogP contribution in [0.4, 0.5) is 0 Å². The summed E-state index contributed by atoms with van der Waals surface area (Å²) < 4.78 is 10.5. The number of benzene rings is 1. The number of ether oxygens (including phenoxy) is 2. The molecule has 1 rings (SSSR count). The van der Waals surface area contributed by atoms with E-state index >= 15 is 0 Å². The fourth-order valence-corrected chi connectivity index (χ4v) is 2.30. The van der Waals surface area contributed by atoms with Crippen LogP contribution >= 0.6 is 0 Å². The Bertz CT molecular complexity index is 656. The minimum Gasteiger partial charge on any atom is -0.377 e. The fraction of sp³-hybridized carbons (Fsp3) is 0.474. The highest BCUT2D eigenvalue weighted by Gasteiger charge is 2.20. The number of rotatable bonds is 15. The smallest absolute Gasteiger partial charge is 0.238 e. The van der Waals surface area contributed by atoms with Crippen molar-refractivity contribution in [1.82, 2.24) is 10.6 Å². The number of hydrogen-bond donors (Lipinski definition) is 5. The second kappa shape index (κ2) is 14.2. The monoisotopic (exact) mass is 406 g/mol. The van der Waals surface area contributed by atoms with Crippen LogP contribution in [0.3, 0.4) is 0 Å². The average molecular weight is 406 g/mol. The van der Waals surface area contributed by atoms with Crippen molar-refractivity contribution in [2.75, 3.05) is 32.9 Å². The number of nitrogens with one attached hydrogen (secondary N) is 3. The van der Waals surface area contributed by atoms with E-state index in [9.17, 15) is 14.4 Å². The molecule has 0 saturated carbocycles. The van der Waals surface area contributed by atoms with Crippen LogP contribution < -0.4 is 22.1 Å². The molecule has 1 aromatic carbocycles. The standard InChI is InChI=1S/C19H28N5O5/c20-15(7-4-8-24-19(21)22)18(27)23-9-10-28-11-12-29-16(13-25)17(26)14-5-2-1-3-6-14/h1-3,5-6,15-16H,4,7-12,20H2,(H,23,27)(H4,21,22,24)/t15-,16?/m0/s1. The predicted octanol–water partition coefficient (Wildman–Crippen LogP) is -0.912. The summed E-state index contributed by atoms with van der Waals surface area (Å²) in [6.45, 7) is 1.17. The SMILES string of the molecule is N=C(N)NCCC[C@H](N)C(=O)NCCOCCOC([C]=O)C(=O)c1ccccc1. The lowest BCUT2D eigenvalue weighted by molar-refractivity contribution is -0.122. The van der Waals surface area contributed by atoms with Crippen LogP contribution in [0.15, 0.2) is 30.3 Å². The van der Waals surface area contributed by atoms with E-state index < -0.39 is 17.9 Å². The molecule has 10 nitrogen and oxygen atoms in total. The van der Waals surface area contributed by atoms with Gasteiger partial charge in [-0.05, 0) is 12.8 Å². The van der Waals surface area contributed by atoms with Gasteiger partial charge in [0.05, 0.1) is 25.9 Å². The molecule has 7 N–H and O–H groups in total. The number of carbonyl (C=O) groups excluding carboxylic acids is 3. The Morgan fingerprint density at radius 1 is 1.10 bits per heavy atom.